The molecule has 0 aromatic carbocycles. The molecular weight excluding hydrogens is 214 g/mol. The van der Waals surface area contributed by atoms with E-state index in [1.54, 1.807) is 6.20 Å². The van der Waals surface area contributed by atoms with Gasteiger partial charge in [0.2, 0.25) is 0 Å². The van der Waals surface area contributed by atoms with Gasteiger partial charge in [-0.15, -0.1) is 0 Å². The van der Waals surface area contributed by atoms with Crippen LogP contribution >= 0.6 is 0 Å². The molecule has 2 rings (SSSR count). The minimum Gasteiger partial charge on any atom is -0.327 e. The molecule has 0 saturated heterocycles. The van der Waals surface area contributed by atoms with E-state index in [0.717, 1.165) is 24.4 Å². The number of hydrogen-bond acceptors (Lipinski definition) is 3. The molecule has 0 aliphatic rings. The Morgan fingerprint density at radius 3 is 2.82 bits per heavy atom. The Bertz CT molecular complexity index is 483. The first kappa shape index (κ1) is 11.9. The third-order valence-corrected chi connectivity index (χ3v) is 3.03. The molecule has 92 valence electrons. The van der Waals surface area contributed by atoms with Crippen molar-refractivity contribution in [2.45, 2.75) is 32.7 Å². The lowest BCUT2D eigenvalue weighted by atomic mass is 10.0. The quantitative estimate of drug-likeness (QED) is 0.863. The summed E-state index contributed by atoms with van der Waals surface area (Å²) in [5.41, 5.74) is 8.25. The maximum atomic E-state index is 6.04. The molecule has 0 aliphatic heterocycles. The summed E-state index contributed by atoms with van der Waals surface area (Å²) in [7, 11) is 1.94. The molecule has 5 nitrogen and oxygen atoms in total. The Morgan fingerprint density at radius 2 is 2.24 bits per heavy atom. The predicted molar refractivity (Wildman–Crippen MR) is 67.0 cm³/mol. The van der Waals surface area contributed by atoms with Gasteiger partial charge in [-0.2, -0.15) is 10.2 Å². The SMILES string of the molecule is CCC(N)Cc1c(C)nn(C)c1-n1cccn1. The molecule has 0 amide bonds. The largest absolute Gasteiger partial charge is 0.327 e. The second-order valence-electron chi connectivity index (χ2n) is 4.33. The van der Waals surface area contributed by atoms with Crippen LogP contribution in [-0.2, 0) is 13.5 Å². The Morgan fingerprint density at radius 1 is 1.47 bits per heavy atom. The van der Waals surface area contributed by atoms with Crippen molar-refractivity contribution in [1.29, 1.82) is 0 Å². The smallest absolute Gasteiger partial charge is 0.155 e. The number of nitrogens with two attached hydrogens (primary N) is 1. The van der Waals surface area contributed by atoms with Gasteiger partial charge in [-0.05, 0) is 25.8 Å². The van der Waals surface area contributed by atoms with Crippen molar-refractivity contribution < 1.29 is 0 Å². The lowest BCUT2D eigenvalue weighted by Gasteiger charge is -2.10. The number of rotatable bonds is 4. The van der Waals surface area contributed by atoms with E-state index in [1.165, 1.54) is 5.56 Å². The number of hydrogen-bond donors (Lipinski definition) is 1. The first-order valence-corrected chi connectivity index (χ1v) is 5.91. The minimum atomic E-state index is 0.173. The summed E-state index contributed by atoms with van der Waals surface area (Å²) in [6.07, 6.45) is 5.50. The lowest BCUT2D eigenvalue weighted by Crippen LogP contribution is -2.22. The molecule has 0 bridgehead atoms. The minimum absolute atomic E-state index is 0.173. The standard InChI is InChI=1S/C12H19N5/c1-4-10(13)8-11-9(2)15-16(3)12(11)17-7-5-6-14-17/h5-7,10H,4,8,13H2,1-3H3. The van der Waals surface area contributed by atoms with Crippen LogP contribution in [0.25, 0.3) is 5.82 Å². The molecule has 0 saturated carbocycles. The van der Waals surface area contributed by atoms with Crippen LogP contribution in [0.1, 0.15) is 24.6 Å². The summed E-state index contributed by atoms with van der Waals surface area (Å²) >= 11 is 0. The Hall–Kier alpha value is -1.62. The van der Waals surface area contributed by atoms with Crippen molar-refractivity contribution in [3.8, 4) is 5.82 Å². The normalized spacial score (nSPS) is 12.9. The van der Waals surface area contributed by atoms with E-state index in [9.17, 15) is 0 Å². The molecule has 0 aliphatic carbocycles. The van der Waals surface area contributed by atoms with Crippen molar-refractivity contribution in [3.63, 3.8) is 0 Å². The van der Waals surface area contributed by atoms with Crippen LogP contribution in [0.15, 0.2) is 18.5 Å². The summed E-state index contributed by atoms with van der Waals surface area (Å²) < 4.78 is 3.71. The van der Waals surface area contributed by atoms with E-state index in [0.29, 0.717) is 0 Å². The molecule has 5 heteroatoms. The van der Waals surface area contributed by atoms with Gasteiger partial charge in [-0.1, -0.05) is 6.92 Å². The van der Waals surface area contributed by atoms with E-state index in [-0.39, 0.29) is 6.04 Å². The fourth-order valence-corrected chi connectivity index (χ4v) is 2.02. The van der Waals surface area contributed by atoms with Crippen LogP contribution < -0.4 is 5.73 Å². The Labute approximate surface area is 101 Å². The zero-order valence-corrected chi connectivity index (χ0v) is 10.6. The summed E-state index contributed by atoms with van der Waals surface area (Å²) in [6, 6.07) is 2.08. The van der Waals surface area contributed by atoms with E-state index >= 15 is 0 Å². The van der Waals surface area contributed by atoms with Gasteiger partial charge in [0.25, 0.3) is 0 Å². The zero-order valence-electron chi connectivity index (χ0n) is 10.6. The Kier molecular flexibility index (Phi) is 3.28. The van der Waals surface area contributed by atoms with Gasteiger partial charge in [0.15, 0.2) is 5.82 Å². The van der Waals surface area contributed by atoms with Crippen molar-refractivity contribution in [1.82, 2.24) is 19.6 Å². The van der Waals surface area contributed by atoms with Crippen LogP contribution in [0, 0.1) is 6.92 Å². The summed E-state index contributed by atoms with van der Waals surface area (Å²) in [5.74, 6) is 1.01. The highest BCUT2D eigenvalue weighted by Crippen LogP contribution is 2.19. The average molecular weight is 233 g/mol. The monoisotopic (exact) mass is 233 g/mol. The van der Waals surface area contributed by atoms with Gasteiger partial charge in [0.1, 0.15) is 0 Å². The first-order chi connectivity index (χ1) is 8.13. The molecule has 0 fully saturated rings. The average Bonchev–Trinajstić information content (AvgIpc) is 2.88. The van der Waals surface area contributed by atoms with E-state index in [1.807, 2.05) is 35.6 Å². The molecule has 2 heterocycles. The van der Waals surface area contributed by atoms with Gasteiger partial charge in [0, 0.05) is 31.0 Å². The van der Waals surface area contributed by atoms with Gasteiger partial charge >= 0.3 is 0 Å². The summed E-state index contributed by atoms with van der Waals surface area (Å²) in [4.78, 5) is 0. The van der Waals surface area contributed by atoms with Crippen LogP contribution in [0.2, 0.25) is 0 Å². The lowest BCUT2D eigenvalue weighted by molar-refractivity contribution is 0.636. The highest BCUT2D eigenvalue weighted by molar-refractivity contribution is 5.38. The third-order valence-electron chi connectivity index (χ3n) is 3.03. The first-order valence-electron chi connectivity index (χ1n) is 5.91. The zero-order chi connectivity index (χ0) is 12.4. The van der Waals surface area contributed by atoms with Crippen LogP contribution in [0.4, 0.5) is 0 Å². The topological polar surface area (TPSA) is 61.7 Å². The van der Waals surface area contributed by atoms with Crippen molar-refractivity contribution in [2.75, 3.05) is 0 Å². The number of aromatic nitrogens is 4. The third kappa shape index (κ3) is 2.24. The molecule has 0 radical (unpaired) electrons. The van der Waals surface area contributed by atoms with Gasteiger partial charge in [-0.25, -0.2) is 4.68 Å². The predicted octanol–water partition coefficient (Wildman–Crippen LogP) is 1.19. The molecular formula is C12H19N5. The summed E-state index contributed by atoms with van der Waals surface area (Å²) in [6.45, 7) is 4.12. The van der Waals surface area contributed by atoms with Gasteiger partial charge < -0.3 is 5.73 Å². The van der Waals surface area contributed by atoms with Crippen molar-refractivity contribution in [2.24, 2.45) is 12.8 Å². The van der Waals surface area contributed by atoms with E-state index in [4.69, 9.17) is 5.73 Å². The molecule has 17 heavy (non-hydrogen) atoms. The fraction of sp³-hybridized carbons (Fsp3) is 0.500. The van der Waals surface area contributed by atoms with E-state index < -0.39 is 0 Å². The highest BCUT2D eigenvalue weighted by atomic mass is 15.4. The maximum Gasteiger partial charge on any atom is 0.155 e. The second kappa shape index (κ2) is 4.71. The van der Waals surface area contributed by atoms with Crippen LogP contribution in [-0.4, -0.2) is 25.6 Å². The van der Waals surface area contributed by atoms with E-state index in [2.05, 4.69) is 17.1 Å². The maximum absolute atomic E-state index is 6.04. The second-order valence-corrected chi connectivity index (χ2v) is 4.33. The van der Waals surface area contributed by atoms with Crippen molar-refractivity contribution in [3.05, 3.63) is 29.7 Å². The van der Waals surface area contributed by atoms with Gasteiger partial charge in [-0.3, -0.25) is 4.68 Å². The molecule has 1 unspecified atom stereocenters. The molecule has 2 aromatic heterocycles. The van der Waals surface area contributed by atoms with Crippen molar-refractivity contribution >= 4 is 0 Å². The molecule has 1 atom stereocenters. The van der Waals surface area contributed by atoms with Crippen LogP contribution in [0.3, 0.4) is 0 Å². The number of nitrogens with zero attached hydrogens (tertiary/aromatic N) is 4. The molecule has 2 aromatic rings. The fourth-order valence-electron chi connectivity index (χ4n) is 2.02. The van der Waals surface area contributed by atoms with Crippen LogP contribution in [0.5, 0.6) is 0 Å². The summed E-state index contributed by atoms with van der Waals surface area (Å²) in [5, 5.41) is 8.72. The van der Waals surface area contributed by atoms with Gasteiger partial charge in [0.05, 0.1) is 5.69 Å². The molecule has 2 N–H and O–H groups in total. The molecule has 0 spiro atoms. The highest BCUT2D eigenvalue weighted by Gasteiger charge is 2.17. The number of aryl methyl sites for hydroxylation is 2. The Balaban J connectivity index is 2.44.